The zero-order chi connectivity index (χ0) is 21.3. The highest BCUT2D eigenvalue weighted by Gasteiger charge is 2.28. The number of benzene rings is 2. The molecule has 152 valence electrons. The van der Waals surface area contributed by atoms with Crippen LogP contribution in [-0.2, 0) is 20.2 Å². The number of ether oxygens (including phenoxy) is 2. The summed E-state index contributed by atoms with van der Waals surface area (Å²) >= 11 is 6.94. The van der Waals surface area contributed by atoms with Crippen molar-refractivity contribution in [3.05, 3.63) is 35.4 Å². The predicted molar refractivity (Wildman–Crippen MR) is 119 cm³/mol. The van der Waals surface area contributed by atoms with E-state index in [4.69, 9.17) is 9.47 Å². The Kier molecular flexibility index (Phi) is 6.98. The van der Waals surface area contributed by atoms with Crippen LogP contribution in [0.4, 0.5) is 0 Å². The van der Waals surface area contributed by atoms with Gasteiger partial charge in [0.05, 0.1) is 16.2 Å². The molecule has 0 amide bonds. The zero-order valence-electron chi connectivity index (χ0n) is 17.1. The van der Waals surface area contributed by atoms with Crippen molar-refractivity contribution in [1.29, 1.82) is 0 Å². The summed E-state index contributed by atoms with van der Waals surface area (Å²) in [6.45, 7) is 10.8. The first-order chi connectivity index (χ1) is 12.9. The fraction of sp³-hybridized carbons (Fsp3) is 0.455. The molecule has 0 aromatic heterocycles. The third-order valence-electron chi connectivity index (χ3n) is 4.03. The molecule has 0 heterocycles. The minimum absolute atomic E-state index is 0.349. The quantitative estimate of drug-likeness (QED) is 0.265. The van der Waals surface area contributed by atoms with Gasteiger partial charge in [0, 0.05) is 10.7 Å². The summed E-state index contributed by atoms with van der Waals surface area (Å²) in [7, 11) is 0. The highest BCUT2D eigenvalue weighted by atomic mass is 79.9. The summed E-state index contributed by atoms with van der Waals surface area (Å²) in [5, 5.41) is 2.68. The van der Waals surface area contributed by atoms with Crippen LogP contribution in [-0.4, -0.2) is 11.9 Å². The van der Waals surface area contributed by atoms with Gasteiger partial charge in [0.2, 0.25) is 0 Å². The Morgan fingerprint density at radius 3 is 1.39 bits per heavy atom. The van der Waals surface area contributed by atoms with Gasteiger partial charge < -0.3 is 9.47 Å². The predicted octanol–water partition coefficient (Wildman–Crippen LogP) is 6.53. The van der Waals surface area contributed by atoms with Crippen molar-refractivity contribution in [2.75, 3.05) is 0 Å². The van der Waals surface area contributed by atoms with Crippen LogP contribution >= 0.6 is 31.9 Å². The smallest absolute Gasteiger partial charge is 0.316 e. The molecule has 0 fully saturated rings. The van der Waals surface area contributed by atoms with Crippen molar-refractivity contribution < 1.29 is 19.1 Å². The van der Waals surface area contributed by atoms with Crippen LogP contribution in [0.5, 0.6) is 11.5 Å². The summed E-state index contributed by atoms with van der Waals surface area (Å²) in [6, 6.07) is 7.62. The molecule has 0 saturated carbocycles. The average molecular weight is 514 g/mol. The molecule has 6 heteroatoms. The Morgan fingerprint density at radius 2 is 1.11 bits per heavy atom. The van der Waals surface area contributed by atoms with Crippen LogP contribution in [0.15, 0.2) is 24.3 Å². The second-order valence-electron chi connectivity index (χ2n) is 8.83. The maximum absolute atomic E-state index is 12.5. The van der Waals surface area contributed by atoms with E-state index in [9.17, 15) is 9.59 Å². The van der Waals surface area contributed by atoms with Crippen molar-refractivity contribution in [2.45, 2.75) is 52.2 Å². The van der Waals surface area contributed by atoms with E-state index in [1.54, 1.807) is 41.5 Å². The van der Waals surface area contributed by atoms with Gasteiger partial charge >= 0.3 is 11.9 Å². The Bertz CT molecular complexity index is 835. The number of carbonyl (C=O) groups excluding carboxylic acids is 2. The SMILES string of the molecule is CC(C)(C)C(=O)Oc1cc(CBr)cc2cc(CBr)cc(OC(=O)C(C)(C)C)c12. The number of esters is 2. The third-order valence-corrected chi connectivity index (χ3v) is 5.33. The second-order valence-corrected chi connectivity index (χ2v) is 9.95. The summed E-state index contributed by atoms with van der Waals surface area (Å²) < 4.78 is 11.5. The Hall–Kier alpha value is -1.40. The van der Waals surface area contributed by atoms with Gasteiger partial charge in [-0.2, -0.15) is 0 Å². The van der Waals surface area contributed by atoms with Crippen LogP contribution in [0.1, 0.15) is 52.7 Å². The zero-order valence-corrected chi connectivity index (χ0v) is 20.3. The second kappa shape index (κ2) is 8.54. The van der Waals surface area contributed by atoms with E-state index in [-0.39, 0.29) is 11.9 Å². The summed E-state index contributed by atoms with van der Waals surface area (Å²) in [5.74, 6) is 0.0887. The monoisotopic (exact) mass is 512 g/mol. The van der Waals surface area contributed by atoms with Crippen LogP contribution in [0.2, 0.25) is 0 Å². The summed E-state index contributed by atoms with van der Waals surface area (Å²) in [4.78, 5) is 25.1. The van der Waals surface area contributed by atoms with Crippen molar-refractivity contribution >= 4 is 54.6 Å². The standard InChI is InChI=1S/C22H26Br2O4/c1-21(2,3)19(25)27-16-9-13(11-23)7-15-8-14(12-24)10-17(18(15)16)28-20(26)22(4,5)6/h7-10H,11-12H2,1-6H3. The largest absolute Gasteiger partial charge is 0.425 e. The molecule has 0 aliphatic rings. The minimum atomic E-state index is -0.658. The molecule has 0 radical (unpaired) electrons. The Balaban J connectivity index is 2.72. The molecule has 0 unspecified atom stereocenters. The van der Waals surface area contributed by atoms with Gasteiger partial charge in [0.1, 0.15) is 11.5 Å². The van der Waals surface area contributed by atoms with E-state index in [0.29, 0.717) is 27.5 Å². The maximum Gasteiger partial charge on any atom is 0.316 e. The van der Waals surface area contributed by atoms with Gasteiger partial charge in [-0.1, -0.05) is 31.9 Å². The Morgan fingerprint density at radius 1 is 0.750 bits per heavy atom. The van der Waals surface area contributed by atoms with Crippen LogP contribution in [0.25, 0.3) is 10.8 Å². The van der Waals surface area contributed by atoms with E-state index in [0.717, 1.165) is 16.5 Å². The summed E-state index contributed by atoms with van der Waals surface area (Å²) in [6.07, 6.45) is 0. The first-order valence-corrected chi connectivity index (χ1v) is 11.3. The molecule has 2 aromatic carbocycles. The van der Waals surface area contributed by atoms with E-state index in [1.165, 1.54) is 0 Å². The topological polar surface area (TPSA) is 52.6 Å². The third kappa shape index (κ3) is 5.35. The lowest BCUT2D eigenvalue weighted by Gasteiger charge is -2.21. The Labute approximate surface area is 183 Å². The molecule has 2 rings (SSSR count). The molecule has 0 aliphatic heterocycles. The molecule has 4 nitrogen and oxygen atoms in total. The average Bonchev–Trinajstić information content (AvgIpc) is 2.59. The molecular weight excluding hydrogens is 488 g/mol. The van der Waals surface area contributed by atoms with Crippen molar-refractivity contribution in [3.8, 4) is 11.5 Å². The van der Waals surface area contributed by atoms with Gasteiger partial charge in [0.25, 0.3) is 0 Å². The summed E-state index contributed by atoms with van der Waals surface area (Å²) in [5.41, 5.74) is 0.608. The molecule has 0 saturated heterocycles. The molecule has 0 spiro atoms. The van der Waals surface area contributed by atoms with Crippen LogP contribution in [0.3, 0.4) is 0 Å². The van der Waals surface area contributed by atoms with Gasteiger partial charge in [-0.05, 0) is 82.3 Å². The molecule has 0 N–H and O–H groups in total. The van der Waals surface area contributed by atoms with Gasteiger partial charge in [0.15, 0.2) is 0 Å². The lowest BCUT2D eigenvalue weighted by Crippen LogP contribution is -2.26. The molecule has 0 bridgehead atoms. The van der Waals surface area contributed by atoms with E-state index in [2.05, 4.69) is 31.9 Å². The maximum atomic E-state index is 12.5. The van der Waals surface area contributed by atoms with Crippen molar-refractivity contribution in [1.82, 2.24) is 0 Å². The molecule has 2 aromatic rings. The number of hydrogen-bond acceptors (Lipinski definition) is 4. The first-order valence-electron chi connectivity index (χ1n) is 9.03. The fourth-order valence-corrected chi connectivity index (χ4v) is 3.02. The van der Waals surface area contributed by atoms with E-state index in [1.807, 2.05) is 24.3 Å². The lowest BCUT2D eigenvalue weighted by atomic mass is 9.96. The normalized spacial score (nSPS) is 12.1. The fourth-order valence-electron chi connectivity index (χ4n) is 2.38. The number of fused-ring (bicyclic) bond motifs is 1. The minimum Gasteiger partial charge on any atom is -0.425 e. The van der Waals surface area contributed by atoms with Crippen LogP contribution < -0.4 is 9.47 Å². The van der Waals surface area contributed by atoms with Gasteiger partial charge in [-0.25, -0.2) is 0 Å². The highest BCUT2D eigenvalue weighted by Crippen LogP contribution is 2.39. The molecule has 0 aliphatic carbocycles. The lowest BCUT2D eigenvalue weighted by molar-refractivity contribution is -0.143. The van der Waals surface area contributed by atoms with E-state index >= 15 is 0 Å². The number of hydrogen-bond donors (Lipinski definition) is 0. The highest BCUT2D eigenvalue weighted by molar-refractivity contribution is 9.08. The number of halogens is 2. The van der Waals surface area contributed by atoms with Gasteiger partial charge in [-0.3, -0.25) is 9.59 Å². The number of carbonyl (C=O) groups is 2. The molecular formula is C22H26Br2O4. The molecule has 0 atom stereocenters. The van der Waals surface area contributed by atoms with E-state index < -0.39 is 10.8 Å². The van der Waals surface area contributed by atoms with Crippen molar-refractivity contribution in [2.24, 2.45) is 10.8 Å². The van der Waals surface area contributed by atoms with Gasteiger partial charge in [-0.15, -0.1) is 0 Å². The first kappa shape index (κ1) is 22.9. The molecule has 28 heavy (non-hydrogen) atoms. The number of alkyl halides is 2. The van der Waals surface area contributed by atoms with Crippen molar-refractivity contribution in [3.63, 3.8) is 0 Å². The van der Waals surface area contributed by atoms with Crippen LogP contribution in [0, 0.1) is 10.8 Å². The number of rotatable bonds is 4.